The zero-order valence-corrected chi connectivity index (χ0v) is 12.0. The molecule has 106 valence electrons. The second kappa shape index (κ2) is 7.77. The summed E-state index contributed by atoms with van der Waals surface area (Å²) in [5.74, 6) is 0.584. The van der Waals surface area contributed by atoms with Crippen molar-refractivity contribution in [2.24, 2.45) is 0 Å². The Balaban J connectivity index is 2.52. The molecule has 0 aliphatic rings. The van der Waals surface area contributed by atoms with Gasteiger partial charge in [0.2, 0.25) is 0 Å². The van der Waals surface area contributed by atoms with Crippen LogP contribution in [-0.2, 0) is 0 Å². The number of rotatable bonds is 8. The SMILES string of the molecule is CCCCCCC(C)Oc1ccc(C)c([N+](=O)[O-])c1. The predicted molar refractivity (Wildman–Crippen MR) is 76.7 cm³/mol. The van der Waals surface area contributed by atoms with E-state index in [0.717, 1.165) is 12.8 Å². The van der Waals surface area contributed by atoms with Gasteiger partial charge >= 0.3 is 0 Å². The van der Waals surface area contributed by atoms with Gasteiger partial charge in [0.1, 0.15) is 5.75 Å². The topological polar surface area (TPSA) is 52.4 Å². The van der Waals surface area contributed by atoms with Gasteiger partial charge in [0.05, 0.1) is 17.1 Å². The summed E-state index contributed by atoms with van der Waals surface area (Å²) in [6.45, 7) is 5.93. The molecule has 0 bridgehead atoms. The summed E-state index contributed by atoms with van der Waals surface area (Å²) in [4.78, 5) is 10.5. The zero-order chi connectivity index (χ0) is 14.3. The Bertz CT molecular complexity index is 418. The van der Waals surface area contributed by atoms with Crippen LogP contribution in [0.1, 0.15) is 51.5 Å². The molecule has 0 saturated heterocycles. The van der Waals surface area contributed by atoms with E-state index in [9.17, 15) is 10.1 Å². The van der Waals surface area contributed by atoms with Gasteiger partial charge in [-0.2, -0.15) is 0 Å². The molecular formula is C15H23NO3. The average Bonchev–Trinajstić information content (AvgIpc) is 2.36. The Morgan fingerprint density at radius 1 is 1.32 bits per heavy atom. The molecule has 4 nitrogen and oxygen atoms in total. The molecule has 0 aliphatic heterocycles. The van der Waals surface area contributed by atoms with Crippen LogP contribution in [0.2, 0.25) is 0 Å². The van der Waals surface area contributed by atoms with E-state index >= 15 is 0 Å². The third-order valence-corrected chi connectivity index (χ3v) is 3.18. The largest absolute Gasteiger partial charge is 0.490 e. The number of ether oxygens (including phenoxy) is 1. The van der Waals surface area contributed by atoms with E-state index in [-0.39, 0.29) is 16.7 Å². The molecule has 1 rings (SSSR count). The first-order valence-electron chi connectivity index (χ1n) is 6.96. The molecule has 0 saturated carbocycles. The van der Waals surface area contributed by atoms with Gasteiger partial charge in [-0.05, 0) is 38.8 Å². The van der Waals surface area contributed by atoms with Crippen LogP contribution >= 0.6 is 0 Å². The maximum Gasteiger partial charge on any atom is 0.276 e. The first-order valence-corrected chi connectivity index (χ1v) is 6.96. The fourth-order valence-electron chi connectivity index (χ4n) is 2.01. The molecule has 1 aromatic carbocycles. The van der Waals surface area contributed by atoms with Gasteiger partial charge in [-0.1, -0.05) is 26.2 Å². The lowest BCUT2D eigenvalue weighted by Crippen LogP contribution is -2.11. The lowest BCUT2D eigenvalue weighted by atomic mass is 10.1. The number of nitro groups is 1. The van der Waals surface area contributed by atoms with Crippen molar-refractivity contribution in [3.63, 3.8) is 0 Å². The van der Waals surface area contributed by atoms with E-state index in [1.165, 1.54) is 25.3 Å². The standard InChI is InChI=1S/C15H23NO3/c1-4-5-6-7-8-13(3)19-14-10-9-12(2)15(11-14)16(17)18/h9-11,13H,4-8H2,1-3H3. The normalized spacial score (nSPS) is 12.2. The predicted octanol–water partition coefficient (Wildman–Crippen LogP) is 4.64. The van der Waals surface area contributed by atoms with Crippen LogP contribution in [0.25, 0.3) is 0 Å². The fraction of sp³-hybridized carbons (Fsp3) is 0.600. The van der Waals surface area contributed by atoms with Crippen molar-refractivity contribution in [3.05, 3.63) is 33.9 Å². The summed E-state index contributed by atoms with van der Waals surface area (Å²) in [6.07, 6.45) is 5.92. The molecule has 19 heavy (non-hydrogen) atoms. The minimum absolute atomic E-state index is 0.0965. The Kier molecular flexibility index (Phi) is 6.33. The maximum absolute atomic E-state index is 10.9. The van der Waals surface area contributed by atoms with Gasteiger partial charge < -0.3 is 4.74 Å². The highest BCUT2D eigenvalue weighted by atomic mass is 16.6. The minimum Gasteiger partial charge on any atom is -0.490 e. The van der Waals surface area contributed by atoms with Crippen molar-refractivity contribution in [1.29, 1.82) is 0 Å². The number of hydrogen-bond donors (Lipinski definition) is 0. The number of unbranched alkanes of at least 4 members (excludes halogenated alkanes) is 3. The van der Waals surface area contributed by atoms with E-state index in [4.69, 9.17) is 4.74 Å². The van der Waals surface area contributed by atoms with Crippen molar-refractivity contribution in [3.8, 4) is 5.75 Å². The number of nitro benzene ring substituents is 1. The van der Waals surface area contributed by atoms with Crippen LogP contribution in [0.4, 0.5) is 5.69 Å². The summed E-state index contributed by atoms with van der Waals surface area (Å²) < 4.78 is 5.74. The molecule has 1 unspecified atom stereocenters. The van der Waals surface area contributed by atoms with Gasteiger partial charge in [-0.3, -0.25) is 10.1 Å². The van der Waals surface area contributed by atoms with Crippen LogP contribution in [0.5, 0.6) is 5.75 Å². The molecule has 4 heteroatoms. The monoisotopic (exact) mass is 265 g/mol. The van der Waals surface area contributed by atoms with Gasteiger partial charge in [-0.15, -0.1) is 0 Å². The molecule has 0 heterocycles. The third-order valence-electron chi connectivity index (χ3n) is 3.18. The molecule has 0 N–H and O–H groups in total. The maximum atomic E-state index is 10.9. The number of nitrogens with zero attached hydrogens (tertiary/aromatic N) is 1. The molecule has 0 fully saturated rings. The Labute approximate surface area is 114 Å². The van der Waals surface area contributed by atoms with Crippen molar-refractivity contribution in [2.45, 2.75) is 59.0 Å². The van der Waals surface area contributed by atoms with E-state index in [1.54, 1.807) is 19.1 Å². The second-order valence-corrected chi connectivity index (χ2v) is 4.98. The Morgan fingerprint density at radius 2 is 2.05 bits per heavy atom. The smallest absolute Gasteiger partial charge is 0.276 e. The third kappa shape index (κ3) is 5.28. The van der Waals surface area contributed by atoms with E-state index in [1.807, 2.05) is 6.92 Å². The lowest BCUT2D eigenvalue weighted by molar-refractivity contribution is -0.385. The van der Waals surface area contributed by atoms with Crippen molar-refractivity contribution < 1.29 is 9.66 Å². The van der Waals surface area contributed by atoms with Crippen molar-refractivity contribution in [2.75, 3.05) is 0 Å². The molecule has 0 aromatic heterocycles. The number of aryl methyl sites for hydroxylation is 1. The van der Waals surface area contributed by atoms with Crippen molar-refractivity contribution in [1.82, 2.24) is 0 Å². The van der Waals surface area contributed by atoms with Crippen LogP contribution in [0.15, 0.2) is 18.2 Å². The van der Waals surface area contributed by atoms with Gasteiger partial charge in [-0.25, -0.2) is 0 Å². The fourth-order valence-corrected chi connectivity index (χ4v) is 2.01. The molecule has 0 spiro atoms. The first-order chi connectivity index (χ1) is 9.04. The zero-order valence-electron chi connectivity index (χ0n) is 12.0. The summed E-state index contributed by atoms with van der Waals surface area (Å²) >= 11 is 0. The van der Waals surface area contributed by atoms with Crippen LogP contribution in [0.3, 0.4) is 0 Å². The number of hydrogen-bond acceptors (Lipinski definition) is 3. The molecule has 0 aliphatic carbocycles. The van der Waals surface area contributed by atoms with Crippen LogP contribution < -0.4 is 4.74 Å². The van der Waals surface area contributed by atoms with Gasteiger partial charge in [0.25, 0.3) is 5.69 Å². The first kappa shape index (κ1) is 15.5. The highest BCUT2D eigenvalue weighted by molar-refractivity contribution is 5.45. The summed E-state index contributed by atoms with van der Waals surface area (Å²) in [7, 11) is 0. The van der Waals surface area contributed by atoms with E-state index in [0.29, 0.717) is 11.3 Å². The van der Waals surface area contributed by atoms with E-state index < -0.39 is 0 Å². The molecule has 0 radical (unpaired) electrons. The molecule has 0 amide bonds. The van der Waals surface area contributed by atoms with Crippen LogP contribution in [-0.4, -0.2) is 11.0 Å². The summed E-state index contributed by atoms with van der Waals surface area (Å²) in [6, 6.07) is 5.04. The minimum atomic E-state index is -0.367. The Morgan fingerprint density at radius 3 is 2.68 bits per heavy atom. The highest BCUT2D eigenvalue weighted by Gasteiger charge is 2.13. The summed E-state index contributed by atoms with van der Waals surface area (Å²) in [5.41, 5.74) is 0.781. The van der Waals surface area contributed by atoms with Gasteiger partial charge in [0, 0.05) is 5.56 Å². The molecular weight excluding hydrogens is 242 g/mol. The van der Waals surface area contributed by atoms with Crippen LogP contribution in [0, 0.1) is 17.0 Å². The highest BCUT2D eigenvalue weighted by Crippen LogP contribution is 2.25. The Hall–Kier alpha value is -1.58. The van der Waals surface area contributed by atoms with Gasteiger partial charge in [0.15, 0.2) is 0 Å². The number of benzene rings is 1. The van der Waals surface area contributed by atoms with E-state index in [2.05, 4.69) is 6.92 Å². The molecule has 1 atom stereocenters. The van der Waals surface area contributed by atoms with Crippen molar-refractivity contribution >= 4 is 5.69 Å². The quantitative estimate of drug-likeness (QED) is 0.391. The second-order valence-electron chi connectivity index (χ2n) is 4.98. The average molecular weight is 265 g/mol. The molecule has 1 aromatic rings. The summed E-state index contributed by atoms with van der Waals surface area (Å²) in [5, 5.41) is 10.9. The lowest BCUT2D eigenvalue weighted by Gasteiger charge is -2.14.